The second kappa shape index (κ2) is 5.64. The van der Waals surface area contributed by atoms with Gasteiger partial charge in [0.15, 0.2) is 5.78 Å². The Labute approximate surface area is 121 Å². The van der Waals surface area contributed by atoms with Gasteiger partial charge in [0.2, 0.25) is 5.88 Å². The van der Waals surface area contributed by atoms with Gasteiger partial charge >= 0.3 is 0 Å². The Kier molecular flexibility index (Phi) is 3.87. The zero-order chi connectivity index (χ0) is 14.1. The molecule has 2 unspecified atom stereocenters. The zero-order valence-corrected chi connectivity index (χ0v) is 12.4. The average molecular weight is 293 g/mol. The molecule has 3 heterocycles. The highest BCUT2D eigenvalue weighted by Gasteiger charge is 2.42. The van der Waals surface area contributed by atoms with Gasteiger partial charge in [-0.3, -0.25) is 9.00 Å². The molecule has 20 heavy (non-hydrogen) atoms. The Balaban J connectivity index is 1.71. The second-order valence-electron chi connectivity index (χ2n) is 5.50. The monoisotopic (exact) mass is 293 g/mol. The fourth-order valence-electron chi connectivity index (χ4n) is 3.24. The highest BCUT2D eigenvalue weighted by atomic mass is 32.2. The molecule has 0 amide bonds. The fourth-order valence-corrected chi connectivity index (χ4v) is 5.37. The summed E-state index contributed by atoms with van der Waals surface area (Å²) < 4.78 is 17.3. The van der Waals surface area contributed by atoms with Crippen molar-refractivity contribution in [1.29, 1.82) is 0 Å². The van der Waals surface area contributed by atoms with Gasteiger partial charge in [0.05, 0.1) is 6.61 Å². The third-order valence-electron chi connectivity index (χ3n) is 4.25. The van der Waals surface area contributed by atoms with Gasteiger partial charge in [-0.2, -0.15) is 0 Å². The summed E-state index contributed by atoms with van der Waals surface area (Å²) in [4.78, 5) is 16.7. The van der Waals surface area contributed by atoms with E-state index in [1.165, 1.54) is 0 Å². The van der Waals surface area contributed by atoms with Gasteiger partial charge < -0.3 is 4.74 Å². The van der Waals surface area contributed by atoms with E-state index < -0.39 is 10.8 Å². The number of fused-ring (bicyclic) bond motifs is 2. The van der Waals surface area contributed by atoms with E-state index in [0.717, 1.165) is 25.7 Å². The number of pyridine rings is 1. The Bertz CT molecular complexity index is 512. The van der Waals surface area contributed by atoms with Gasteiger partial charge in [-0.25, -0.2) is 4.98 Å². The summed E-state index contributed by atoms with van der Waals surface area (Å²) in [5.74, 6) is 0.716. The highest BCUT2D eigenvalue weighted by Crippen LogP contribution is 2.39. The first kappa shape index (κ1) is 13.7. The first-order chi connectivity index (χ1) is 9.69. The Morgan fingerprint density at radius 3 is 2.60 bits per heavy atom. The van der Waals surface area contributed by atoms with Crippen molar-refractivity contribution in [3.8, 4) is 5.88 Å². The van der Waals surface area contributed by atoms with Crippen LogP contribution < -0.4 is 4.74 Å². The molecule has 2 bridgehead atoms. The molecule has 2 fully saturated rings. The molecule has 4 nitrogen and oxygen atoms in total. The number of nitrogens with zero attached hydrogens (tertiary/aromatic N) is 1. The van der Waals surface area contributed by atoms with Crippen molar-refractivity contribution in [3.63, 3.8) is 0 Å². The van der Waals surface area contributed by atoms with Crippen LogP contribution in [-0.4, -0.2) is 32.1 Å². The van der Waals surface area contributed by atoms with E-state index in [-0.39, 0.29) is 22.2 Å². The Hall–Kier alpha value is -1.23. The van der Waals surface area contributed by atoms with Crippen LogP contribution in [0.4, 0.5) is 0 Å². The number of ketones is 1. The lowest BCUT2D eigenvalue weighted by atomic mass is 9.91. The van der Waals surface area contributed by atoms with E-state index in [0.29, 0.717) is 18.1 Å². The number of ether oxygens (including phenoxy) is 1. The molecule has 5 heteroatoms. The minimum Gasteiger partial charge on any atom is -0.478 e. The lowest BCUT2D eigenvalue weighted by molar-refractivity contribution is 0.0905. The standard InChI is InChI=1S/C15H19NO3S/c1-2-19-14-6-3-10(9-16-14)15(17)11-7-12-4-5-13(8-11)20(12)18/h3,6,9,11-13H,2,4-5,7-8H2,1H3. The lowest BCUT2D eigenvalue weighted by Gasteiger charge is -2.26. The Morgan fingerprint density at radius 1 is 1.35 bits per heavy atom. The van der Waals surface area contributed by atoms with Crippen molar-refractivity contribution >= 4 is 16.6 Å². The van der Waals surface area contributed by atoms with Gasteiger partial charge in [-0.15, -0.1) is 0 Å². The van der Waals surface area contributed by atoms with Crippen LogP contribution >= 0.6 is 0 Å². The second-order valence-corrected chi connectivity index (χ2v) is 7.49. The largest absolute Gasteiger partial charge is 0.478 e. The van der Waals surface area contributed by atoms with Gasteiger partial charge in [0.1, 0.15) is 0 Å². The van der Waals surface area contributed by atoms with E-state index in [1.54, 1.807) is 18.3 Å². The Morgan fingerprint density at radius 2 is 2.05 bits per heavy atom. The lowest BCUT2D eigenvalue weighted by Crippen LogP contribution is -2.32. The van der Waals surface area contributed by atoms with E-state index in [4.69, 9.17) is 4.74 Å². The van der Waals surface area contributed by atoms with Crippen LogP contribution in [0.2, 0.25) is 0 Å². The summed E-state index contributed by atoms with van der Waals surface area (Å²) in [6.07, 6.45) is 5.18. The van der Waals surface area contributed by atoms with Crippen LogP contribution in [0.3, 0.4) is 0 Å². The van der Waals surface area contributed by atoms with Crippen molar-refractivity contribution in [2.45, 2.75) is 43.1 Å². The van der Waals surface area contributed by atoms with Crippen LogP contribution in [-0.2, 0) is 10.8 Å². The maximum atomic E-state index is 12.5. The average Bonchev–Trinajstić information content (AvgIpc) is 2.68. The molecular weight excluding hydrogens is 274 g/mol. The first-order valence-corrected chi connectivity index (χ1v) is 8.49. The van der Waals surface area contributed by atoms with Crippen LogP contribution in [0.15, 0.2) is 18.3 Å². The van der Waals surface area contributed by atoms with Gasteiger partial charge in [-0.05, 0) is 38.7 Å². The van der Waals surface area contributed by atoms with E-state index >= 15 is 0 Å². The van der Waals surface area contributed by atoms with Crippen molar-refractivity contribution in [2.75, 3.05) is 6.61 Å². The van der Waals surface area contributed by atoms with Crippen LogP contribution in [0.1, 0.15) is 43.0 Å². The SMILES string of the molecule is CCOc1ccc(C(=O)C2CC3CCC(C2)S3=O)cn1. The molecule has 1 aromatic rings. The molecule has 2 aliphatic heterocycles. The van der Waals surface area contributed by atoms with Crippen molar-refractivity contribution in [2.24, 2.45) is 5.92 Å². The number of Topliss-reactive ketones (excluding diaryl/α,β-unsaturated/α-hetero) is 1. The summed E-state index contributed by atoms with van der Waals surface area (Å²) in [6.45, 7) is 2.47. The molecule has 0 spiro atoms. The number of carbonyl (C=O) groups excluding carboxylic acids is 1. The molecule has 0 aliphatic carbocycles. The summed E-state index contributed by atoms with van der Waals surface area (Å²) in [6, 6.07) is 3.53. The van der Waals surface area contributed by atoms with E-state index in [9.17, 15) is 9.00 Å². The molecule has 2 atom stereocenters. The van der Waals surface area contributed by atoms with Crippen LogP contribution in [0.5, 0.6) is 5.88 Å². The highest BCUT2D eigenvalue weighted by molar-refractivity contribution is 7.86. The van der Waals surface area contributed by atoms with Gasteiger partial charge in [0, 0.05) is 45.0 Å². The molecule has 0 saturated carbocycles. The maximum absolute atomic E-state index is 12.5. The van der Waals surface area contributed by atoms with Crippen LogP contribution in [0.25, 0.3) is 0 Å². The molecule has 0 aromatic carbocycles. The predicted molar refractivity (Wildman–Crippen MR) is 77.4 cm³/mol. The first-order valence-electron chi connectivity index (χ1n) is 7.21. The van der Waals surface area contributed by atoms with Crippen molar-refractivity contribution < 1.29 is 13.7 Å². The molecule has 108 valence electrons. The van der Waals surface area contributed by atoms with Gasteiger partial charge in [-0.1, -0.05) is 0 Å². The number of aromatic nitrogens is 1. The third-order valence-corrected chi connectivity index (χ3v) is 6.42. The normalized spacial score (nSPS) is 32.0. The van der Waals surface area contributed by atoms with Crippen molar-refractivity contribution in [3.05, 3.63) is 23.9 Å². The van der Waals surface area contributed by atoms with Crippen LogP contribution in [0, 0.1) is 5.92 Å². The minimum absolute atomic E-state index is 0.0185. The van der Waals surface area contributed by atoms with Crippen molar-refractivity contribution in [1.82, 2.24) is 4.98 Å². The maximum Gasteiger partial charge on any atom is 0.213 e. The summed E-state index contributed by atoms with van der Waals surface area (Å²) in [7, 11) is -0.706. The smallest absolute Gasteiger partial charge is 0.213 e. The summed E-state index contributed by atoms with van der Waals surface area (Å²) in [5, 5.41) is 0.469. The molecule has 3 rings (SSSR count). The summed E-state index contributed by atoms with van der Waals surface area (Å²) in [5.41, 5.74) is 0.644. The predicted octanol–water partition coefficient (Wildman–Crippen LogP) is 2.35. The summed E-state index contributed by atoms with van der Waals surface area (Å²) >= 11 is 0. The van der Waals surface area contributed by atoms with E-state index in [2.05, 4.69) is 4.98 Å². The minimum atomic E-state index is -0.706. The molecule has 2 aliphatic rings. The number of hydrogen-bond donors (Lipinski definition) is 0. The van der Waals surface area contributed by atoms with E-state index in [1.807, 2.05) is 6.92 Å². The van der Waals surface area contributed by atoms with Gasteiger partial charge in [0.25, 0.3) is 0 Å². The quantitative estimate of drug-likeness (QED) is 0.800. The number of rotatable bonds is 4. The topological polar surface area (TPSA) is 56.3 Å². The third kappa shape index (κ3) is 2.51. The molecular formula is C15H19NO3S. The fraction of sp³-hybridized carbons (Fsp3) is 0.600. The number of hydrogen-bond acceptors (Lipinski definition) is 4. The molecule has 1 aromatic heterocycles. The zero-order valence-electron chi connectivity index (χ0n) is 11.6. The number of carbonyl (C=O) groups is 1. The molecule has 2 saturated heterocycles. The molecule has 0 N–H and O–H groups in total. The molecule has 0 radical (unpaired) electrons.